The van der Waals surface area contributed by atoms with Crippen LogP contribution in [0.5, 0.6) is 0 Å². The third-order valence-electron chi connectivity index (χ3n) is 3.08. The summed E-state index contributed by atoms with van der Waals surface area (Å²) in [5, 5.41) is 2.55. The summed E-state index contributed by atoms with van der Waals surface area (Å²) < 4.78 is 24.0. The first-order valence-electron chi connectivity index (χ1n) is 6.19. The molecule has 0 saturated heterocycles. The number of aryl methyl sites for hydroxylation is 1. The van der Waals surface area contributed by atoms with Crippen molar-refractivity contribution in [3.05, 3.63) is 41.6 Å². The molecule has 1 fully saturated rings. The summed E-state index contributed by atoms with van der Waals surface area (Å²) in [7, 11) is -3.48. The molecule has 0 spiro atoms. The average Bonchev–Trinajstić information content (AvgIpc) is 2.71. The fraction of sp³-hybridized carbons (Fsp3) is 0.286. The van der Waals surface area contributed by atoms with Crippen molar-refractivity contribution in [3.8, 4) is 0 Å². The SMILES string of the molecule is Cc1ccc(S(=O)(=O)CNC=C2C(=O)CCC2=O)cc1. The van der Waals surface area contributed by atoms with Crippen LogP contribution in [-0.4, -0.2) is 25.9 Å². The normalized spacial score (nSPS) is 15.6. The molecule has 1 aromatic carbocycles. The highest BCUT2D eigenvalue weighted by Crippen LogP contribution is 2.16. The zero-order valence-electron chi connectivity index (χ0n) is 11.0. The molecular formula is C14H15NO4S. The minimum Gasteiger partial charge on any atom is -0.377 e. The van der Waals surface area contributed by atoms with Crippen molar-refractivity contribution < 1.29 is 18.0 Å². The van der Waals surface area contributed by atoms with Crippen LogP contribution in [0.4, 0.5) is 0 Å². The van der Waals surface area contributed by atoms with Gasteiger partial charge in [0, 0.05) is 19.0 Å². The number of hydrogen-bond donors (Lipinski definition) is 1. The molecule has 2 rings (SSSR count). The molecule has 1 N–H and O–H groups in total. The van der Waals surface area contributed by atoms with E-state index in [2.05, 4.69) is 5.32 Å². The molecule has 0 unspecified atom stereocenters. The molecule has 1 aromatic rings. The van der Waals surface area contributed by atoms with Gasteiger partial charge in [0.1, 0.15) is 5.88 Å². The highest BCUT2D eigenvalue weighted by Gasteiger charge is 2.25. The van der Waals surface area contributed by atoms with E-state index in [9.17, 15) is 18.0 Å². The van der Waals surface area contributed by atoms with E-state index >= 15 is 0 Å². The Morgan fingerprint density at radius 1 is 1.10 bits per heavy atom. The summed E-state index contributed by atoms with van der Waals surface area (Å²) in [5.41, 5.74) is 1.03. The number of nitrogens with one attached hydrogen (secondary N) is 1. The second kappa shape index (κ2) is 5.58. The third-order valence-corrected chi connectivity index (χ3v) is 4.62. The molecule has 1 aliphatic carbocycles. The van der Waals surface area contributed by atoms with Gasteiger partial charge < -0.3 is 5.32 Å². The highest BCUT2D eigenvalue weighted by atomic mass is 32.2. The number of hydrogen-bond acceptors (Lipinski definition) is 5. The molecule has 0 aliphatic heterocycles. The van der Waals surface area contributed by atoms with Crippen LogP contribution >= 0.6 is 0 Å². The number of benzene rings is 1. The number of sulfone groups is 1. The van der Waals surface area contributed by atoms with Crippen LogP contribution in [0.25, 0.3) is 0 Å². The van der Waals surface area contributed by atoms with Crippen LogP contribution in [0.2, 0.25) is 0 Å². The topological polar surface area (TPSA) is 80.3 Å². The summed E-state index contributed by atoms with van der Waals surface area (Å²) in [6.45, 7) is 1.87. The van der Waals surface area contributed by atoms with Crippen molar-refractivity contribution in [1.29, 1.82) is 0 Å². The Hall–Kier alpha value is -1.95. The van der Waals surface area contributed by atoms with Gasteiger partial charge in [-0.15, -0.1) is 0 Å². The van der Waals surface area contributed by atoms with Crippen LogP contribution in [0.15, 0.2) is 40.9 Å². The fourth-order valence-corrected chi connectivity index (χ4v) is 2.92. The van der Waals surface area contributed by atoms with E-state index in [1.54, 1.807) is 12.1 Å². The summed E-state index contributed by atoms with van der Waals surface area (Å²) in [6.07, 6.45) is 1.62. The van der Waals surface area contributed by atoms with Gasteiger partial charge in [-0.05, 0) is 19.1 Å². The van der Waals surface area contributed by atoms with E-state index in [1.165, 1.54) is 18.3 Å². The van der Waals surface area contributed by atoms with Crippen LogP contribution in [0.3, 0.4) is 0 Å². The van der Waals surface area contributed by atoms with Crippen LogP contribution < -0.4 is 5.32 Å². The number of allylic oxidation sites excluding steroid dienone is 1. The maximum Gasteiger partial charge on any atom is 0.196 e. The predicted molar refractivity (Wildman–Crippen MR) is 73.7 cm³/mol. The molecule has 0 aromatic heterocycles. The summed E-state index contributed by atoms with van der Waals surface area (Å²) in [5.74, 6) is -0.828. The first kappa shape index (κ1) is 14.5. The highest BCUT2D eigenvalue weighted by molar-refractivity contribution is 7.91. The van der Waals surface area contributed by atoms with Crippen molar-refractivity contribution in [2.24, 2.45) is 0 Å². The quantitative estimate of drug-likeness (QED) is 0.665. The Kier molecular flexibility index (Phi) is 4.04. The lowest BCUT2D eigenvalue weighted by atomic mass is 10.2. The van der Waals surface area contributed by atoms with E-state index < -0.39 is 9.84 Å². The van der Waals surface area contributed by atoms with Crippen LogP contribution in [-0.2, 0) is 19.4 Å². The second-order valence-electron chi connectivity index (χ2n) is 4.68. The number of ketones is 2. The van der Waals surface area contributed by atoms with Crippen molar-refractivity contribution in [2.75, 3.05) is 5.88 Å². The molecule has 0 radical (unpaired) electrons. The van der Waals surface area contributed by atoms with Crippen LogP contribution in [0, 0.1) is 6.92 Å². The second-order valence-corrected chi connectivity index (χ2v) is 6.67. The summed E-state index contributed by atoms with van der Waals surface area (Å²) in [4.78, 5) is 22.9. The first-order valence-corrected chi connectivity index (χ1v) is 7.85. The Morgan fingerprint density at radius 3 is 2.20 bits per heavy atom. The maximum atomic E-state index is 12.0. The van der Waals surface area contributed by atoms with Gasteiger partial charge in [0.15, 0.2) is 21.4 Å². The third kappa shape index (κ3) is 3.14. The Bertz CT molecular complexity index is 654. The summed E-state index contributed by atoms with van der Waals surface area (Å²) >= 11 is 0. The van der Waals surface area contributed by atoms with E-state index in [4.69, 9.17) is 0 Å². The van der Waals surface area contributed by atoms with Gasteiger partial charge in [-0.3, -0.25) is 9.59 Å². The molecular weight excluding hydrogens is 278 g/mol. The molecule has 0 atom stereocenters. The monoisotopic (exact) mass is 293 g/mol. The van der Waals surface area contributed by atoms with E-state index in [1.807, 2.05) is 6.92 Å². The van der Waals surface area contributed by atoms with Crippen molar-refractivity contribution in [1.82, 2.24) is 5.32 Å². The van der Waals surface area contributed by atoms with E-state index in [0.29, 0.717) is 0 Å². The van der Waals surface area contributed by atoms with Gasteiger partial charge in [-0.2, -0.15) is 0 Å². The lowest BCUT2D eigenvalue weighted by Gasteiger charge is -2.05. The molecule has 1 aliphatic rings. The molecule has 106 valence electrons. The lowest BCUT2D eigenvalue weighted by Crippen LogP contribution is -2.20. The molecule has 20 heavy (non-hydrogen) atoms. The Balaban J connectivity index is 2.07. The zero-order valence-corrected chi connectivity index (χ0v) is 11.9. The minimum atomic E-state index is -3.48. The Morgan fingerprint density at radius 2 is 1.65 bits per heavy atom. The van der Waals surface area contributed by atoms with Gasteiger partial charge in [-0.25, -0.2) is 8.42 Å². The lowest BCUT2D eigenvalue weighted by molar-refractivity contribution is -0.116. The van der Waals surface area contributed by atoms with Gasteiger partial charge in [0.05, 0.1) is 10.5 Å². The van der Waals surface area contributed by atoms with Crippen molar-refractivity contribution in [2.45, 2.75) is 24.7 Å². The zero-order chi connectivity index (χ0) is 14.8. The van der Waals surface area contributed by atoms with Crippen molar-refractivity contribution in [3.63, 3.8) is 0 Å². The number of Topliss-reactive ketones (excluding diaryl/α,β-unsaturated/α-hetero) is 2. The number of carbonyl (C=O) groups is 2. The Labute approximate surface area is 117 Å². The molecule has 0 amide bonds. The average molecular weight is 293 g/mol. The fourth-order valence-electron chi connectivity index (χ4n) is 1.90. The van der Waals surface area contributed by atoms with Gasteiger partial charge >= 0.3 is 0 Å². The smallest absolute Gasteiger partial charge is 0.196 e. The van der Waals surface area contributed by atoms with Crippen LogP contribution in [0.1, 0.15) is 18.4 Å². The maximum absolute atomic E-state index is 12.0. The molecule has 0 bridgehead atoms. The number of rotatable bonds is 4. The van der Waals surface area contributed by atoms with E-state index in [-0.39, 0.29) is 40.8 Å². The molecule has 0 heterocycles. The standard InChI is InChI=1S/C14H15NO4S/c1-10-2-4-11(5-3-10)20(18,19)9-15-8-12-13(16)6-7-14(12)17/h2-5,8,15H,6-7,9H2,1H3. The van der Waals surface area contributed by atoms with Gasteiger partial charge in [-0.1, -0.05) is 17.7 Å². The largest absolute Gasteiger partial charge is 0.377 e. The molecule has 1 saturated carbocycles. The van der Waals surface area contributed by atoms with Gasteiger partial charge in [0.2, 0.25) is 0 Å². The minimum absolute atomic E-state index is 0.0594. The van der Waals surface area contributed by atoms with Crippen molar-refractivity contribution >= 4 is 21.4 Å². The van der Waals surface area contributed by atoms with E-state index in [0.717, 1.165) is 5.56 Å². The first-order chi connectivity index (χ1) is 9.40. The molecule has 6 heteroatoms. The summed E-state index contributed by atoms with van der Waals surface area (Å²) in [6, 6.07) is 6.50. The number of carbonyl (C=O) groups excluding carboxylic acids is 2. The van der Waals surface area contributed by atoms with Gasteiger partial charge in [0.25, 0.3) is 0 Å². The molecule has 5 nitrogen and oxygen atoms in total. The predicted octanol–water partition coefficient (Wildman–Crippen LogP) is 1.13.